The van der Waals surface area contributed by atoms with E-state index in [0.29, 0.717) is 16.7 Å². The number of rotatable bonds is 3. The molecule has 0 amide bonds. The van der Waals surface area contributed by atoms with Crippen LogP contribution in [0.1, 0.15) is 11.1 Å². The Morgan fingerprint density at radius 3 is 1.96 bits per heavy atom. The number of hydrogen-bond donors (Lipinski definition) is 0. The summed E-state index contributed by atoms with van der Waals surface area (Å²) in [5.74, 6) is -0.353. The van der Waals surface area contributed by atoms with E-state index >= 15 is 0 Å². The molecule has 0 spiro atoms. The van der Waals surface area contributed by atoms with Crippen LogP contribution in [0.4, 0.5) is 0 Å². The molecule has 0 fully saturated rings. The molecule has 2 aromatic carbocycles. The quantitative estimate of drug-likeness (QED) is 0.777. The SMILES string of the molecule is CS(=O)(=O)c1ccc(C2=C(c3ccccc3)C(=O)C2(Cl)Cl)cc1. The Balaban J connectivity index is 2.15. The zero-order valence-electron chi connectivity index (χ0n) is 12.1. The van der Waals surface area contributed by atoms with Gasteiger partial charge in [-0.1, -0.05) is 65.7 Å². The fourth-order valence-electron chi connectivity index (χ4n) is 2.55. The van der Waals surface area contributed by atoms with Crippen LogP contribution in [0.5, 0.6) is 0 Å². The highest BCUT2D eigenvalue weighted by molar-refractivity contribution is 7.90. The van der Waals surface area contributed by atoms with Crippen LogP contribution in [0, 0.1) is 0 Å². The smallest absolute Gasteiger partial charge is 0.206 e. The van der Waals surface area contributed by atoms with Crippen molar-refractivity contribution in [2.75, 3.05) is 6.26 Å². The largest absolute Gasteiger partial charge is 0.290 e. The maximum absolute atomic E-state index is 12.3. The van der Waals surface area contributed by atoms with Crippen molar-refractivity contribution in [2.45, 2.75) is 9.23 Å². The molecule has 0 bridgehead atoms. The van der Waals surface area contributed by atoms with Crippen molar-refractivity contribution in [1.29, 1.82) is 0 Å². The normalized spacial score (nSPS) is 17.1. The number of halogens is 2. The summed E-state index contributed by atoms with van der Waals surface area (Å²) in [5.41, 5.74) is 2.32. The first-order valence-electron chi connectivity index (χ1n) is 6.76. The third-order valence-corrected chi connectivity index (χ3v) is 5.56. The Labute approximate surface area is 144 Å². The minimum absolute atomic E-state index is 0.198. The third kappa shape index (κ3) is 2.71. The van der Waals surface area contributed by atoms with Crippen LogP contribution in [-0.4, -0.2) is 24.8 Å². The Bertz CT molecular complexity index is 912. The highest BCUT2D eigenvalue weighted by Crippen LogP contribution is 2.53. The molecule has 1 aliphatic rings. The molecular formula is C17H12Cl2O3S. The molecule has 0 unspecified atom stereocenters. The van der Waals surface area contributed by atoms with Crippen molar-refractivity contribution in [3.8, 4) is 0 Å². The molecule has 118 valence electrons. The van der Waals surface area contributed by atoms with Crippen molar-refractivity contribution in [3.05, 3.63) is 65.7 Å². The van der Waals surface area contributed by atoms with Gasteiger partial charge in [0.1, 0.15) is 0 Å². The van der Waals surface area contributed by atoms with Crippen LogP contribution in [-0.2, 0) is 14.6 Å². The predicted octanol–water partition coefficient (Wildman–Crippen LogP) is 3.76. The van der Waals surface area contributed by atoms with Crippen LogP contribution in [0.2, 0.25) is 0 Å². The molecule has 2 aromatic rings. The van der Waals surface area contributed by atoms with E-state index in [4.69, 9.17) is 23.2 Å². The van der Waals surface area contributed by atoms with Crippen LogP contribution in [0.3, 0.4) is 0 Å². The summed E-state index contributed by atoms with van der Waals surface area (Å²) in [6, 6.07) is 15.3. The molecular weight excluding hydrogens is 355 g/mol. The van der Waals surface area contributed by atoms with E-state index in [9.17, 15) is 13.2 Å². The van der Waals surface area contributed by atoms with Gasteiger partial charge in [-0.25, -0.2) is 8.42 Å². The second-order valence-corrected chi connectivity index (χ2v) is 8.66. The molecule has 1 aliphatic carbocycles. The number of hydrogen-bond acceptors (Lipinski definition) is 3. The first kappa shape index (κ1) is 16.2. The number of carbonyl (C=O) groups is 1. The Kier molecular flexibility index (Phi) is 3.87. The van der Waals surface area contributed by atoms with Crippen molar-refractivity contribution < 1.29 is 13.2 Å². The first-order valence-corrected chi connectivity index (χ1v) is 9.41. The average Bonchev–Trinajstić information content (AvgIpc) is 2.52. The minimum Gasteiger partial charge on any atom is -0.290 e. The number of carbonyl (C=O) groups excluding carboxylic acids is 1. The summed E-state index contributed by atoms with van der Waals surface area (Å²) in [4.78, 5) is 12.5. The predicted molar refractivity (Wildman–Crippen MR) is 92.3 cm³/mol. The Morgan fingerprint density at radius 1 is 0.870 bits per heavy atom. The van der Waals surface area contributed by atoms with E-state index in [0.717, 1.165) is 11.8 Å². The van der Waals surface area contributed by atoms with Gasteiger partial charge in [0.25, 0.3) is 0 Å². The number of ketones is 1. The first-order chi connectivity index (χ1) is 10.7. The molecule has 0 saturated carbocycles. The van der Waals surface area contributed by atoms with E-state index in [2.05, 4.69) is 0 Å². The molecule has 0 aliphatic heterocycles. The number of benzene rings is 2. The second-order valence-electron chi connectivity index (χ2n) is 5.32. The fraction of sp³-hybridized carbons (Fsp3) is 0.118. The molecule has 3 rings (SSSR count). The van der Waals surface area contributed by atoms with Gasteiger partial charge in [0, 0.05) is 17.4 Å². The summed E-state index contributed by atoms with van der Waals surface area (Å²) < 4.78 is 21.5. The van der Waals surface area contributed by atoms with Crippen LogP contribution < -0.4 is 0 Å². The van der Waals surface area contributed by atoms with Gasteiger partial charge in [0.05, 0.1) is 4.90 Å². The maximum atomic E-state index is 12.3. The number of sulfone groups is 1. The second kappa shape index (κ2) is 5.48. The van der Waals surface area contributed by atoms with Gasteiger partial charge in [-0.15, -0.1) is 0 Å². The van der Waals surface area contributed by atoms with Crippen LogP contribution in [0.25, 0.3) is 11.1 Å². The summed E-state index contributed by atoms with van der Waals surface area (Å²) in [6.07, 6.45) is 1.14. The summed E-state index contributed by atoms with van der Waals surface area (Å²) in [6.45, 7) is 0. The Hall–Kier alpha value is -1.62. The molecule has 0 aromatic heterocycles. The molecule has 0 atom stereocenters. The lowest BCUT2D eigenvalue weighted by atomic mass is 9.78. The van der Waals surface area contributed by atoms with Crippen LogP contribution >= 0.6 is 23.2 Å². The van der Waals surface area contributed by atoms with E-state index in [1.54, 1.807) is 24.3 Å². The third-order valence-electron chi connectivity index (χ3n) is 3.71. The van der Waals surface area contributed by atoms with E-state index in [-0.39, 0.29) is 10.7 Å². The molecule has 0 N–H and O–H groups in total. The van der Waals surface area contributed by atoms with E-state index in [1.165, 1.54) is 12.1 Å². The van der Waals surface area contributed by atoms with Gasteiger partial charge in [-0.3, -0.25) is 4.79 Å². The van der Waals surface area contributed by atoms with Gasteiger partial charge in [0.2, 0.25) is 10.1 Å². The molecule has 0 heterocycles. The standard InChI is InChI=1S/C17H12Cl2O3S/c1-23(21,22)13-9-7-12(8-10-13)15-14(16(20)17(15,18)19)11-5-3-2-4-6-11/h2-10H,1H3. The van der Waals surface area contributed by atoms with Crippen molar-refractivity contribution in [2.24, 2.45) is 0 Å². The van der Waals surface area contributed by atoms with Gasteiger partial charge >= 0.3 is 0 Å². The number of alkyl halides is 2. The molecule has 6 heteroatoms. The fourth-order valence-corrected chi connectivity index (χ4v) is 3.78. The number of Topliss-reactive ketones (excluding diaryl/α,β-unsaturated/α-hetero) is 1. The van der Waals surface area contributed by atoms with Crippen molar-refractivity contribution in [1.82, 2.24) is 0 Å². The van der Waals surface area contributed by atoms with Gasteiger partial charge in [-0.05, 0) is 23.3 Å². The Morgan fingerprint density at radius 2 is 1.43 bits per heavy atom. The van der Waals surface area contributed by atoms with Crippen molar-refractivity contribution in [3.63, 3.8) is 0 Å². The summed E-state index contributed by atoms with van der Waals surface area (Å²) in [5, 5.41) is 0. The highest BCUT2D eigenvalue weighted by Gasteiger charge is 2.52. The minimum atomic E-state index is -3.29. The van der Waals surface area contributed by atoms with E-state index < -0.39 is 14.2 Å². The van der Waals surface area contributed by atoms with Gasteiger partial charge < -0.3 is 0 Å². The molecule has 0 radical (unpaired) electrons. The molecule has 0 saturated heterocycles. The summed E-state index contributed by atoms with van der Waals surface area (Å²) >= 11 is 12.3. The van der Waals surface area contributed by atoms with Crippen molar-refractivity contribution >= 4 is 50.0 Å². The maximum Gasteiger partial charge on any atom is 0.206 e. The lowest BCUT2D eigenvalue weighted by molar-refractivity contribution is -0.114. The lowest BCUT2D eigenvalue weighted by Crippen LogP contribution is -2.39. The van der Waals surface area contributed by atoms with Crippen LogP contribution in [0.15, 0.2) is 59.5 Å². The topological polar surface area (TPSA) is 51.2 Å². The zero-order valence-corrected chi connectivity index (χ0v) is 14.4. The summed E-state index contributed by atoms with van der Waals surface area (Å²) in [7, 11) is -3.29. The highest BCUT2D eigenvalue weighted by atomic mass is 35.5. The average molecular weight is 367 g/mol. The monoisotopic (exact) mass is 366 g/mol. The zero-order chi connectivity index (χ0) is 16.8. The lowest BCUT2D eigenvalue weighted by Gasteiger charge is -2.35. The van der Waals surface area contributed by atoms with Gasteiger partial charge in [-0.2, -0.15) is 0 Å². The molecule has 23 heavy (non-hydrogen) atoms. The number of allylic oxidation sites excluding steroid dienone is 2. The van der Waals surface area contributed by atoms with E-state index in [1.807, 2.05) is 18.2 Å². The van der Waals surface area contributed by atoms with Gasteiger partial charge in [0.15, 0.2) is 9.84 Å². The molecule has 3 nitrogen and oxygen atoms in total.